The number of likely N-dealkylation sites (tertiary alicyclic amines) is 1. The number of nitrogens with zero attached hydrogens (tertiary/aromatic N) is 4. The second-order valence-electron chi connectivity index (χ2n) is 24.1. The van der Waals surface area contributed by atoms with Crippen LogP contribution in [0.1, 0.15) is 126 Å². The van der Waals surface area contributed by atoms with Gasteiger partial charge in [-0.3, -0.25) is 33.6 Å². The van der Waals surface area contributed by atoms with Gasteiger partial charge in [0.2, 0.25) is 35.4 Å². The molecule has 1 aliphatic carbocycles. The SMILES string of the molecule is CCN(C(=O)Cn1c(C(=O)NC2CCC(C(=O)NCCCCCCCC(=O)NCCOCCOCCOCCOCCC(=O)NC(C(=O)N3C[C@@H](O)[C@H](C(=O)NCc4ccc(-c5scnc5C)cc4)C3)C(C)(C)C)CC2)cc2sccc21)c1cccc(C)c1. The molecule has 2 aliphatic rings. The number of nitrogens with one attached hydrogen (secondary N) is 5. The Labute approximate surface area is 531 Å². The molecule has 7 rings (SSSR count). The highest BCUT2D eigenvalue weighted by Gasteiger charge is 2.43. The lowest BCUT2D eigenvalue weighted by Gasteiger charge is -2.33. The lowest BCUT2D eigenvalue weighted by atomic mass is 9.85. The first-order chi connectivity index (χ1) is 42.9. The lowest BCUT2D eigenvalue weighted by Crippen LogP contribution is -2.54. The summed E-state index contributed by atoms with van der Waals surface area (Å²) in [7, 11) is 0. The van der Waals surface area contributed by atoms with Crippen LogP contribution in [0.3, 0.4) is 0 Å². The summed E-state index contributed by atoms with van der Waals surface area (Å²) in [5.74, 6) is -2.17. The number of anilines is 1. The molecule has 2 fully saturated rings. The highest BCUT2D eigenvalue weighted by atomic mass is 32.1. The van der Waals surface area contributed by atoms with Crippen LogP contribution < -0.4 is 31.5 Å². The summed E-state index contributed by atoms with van der Waals surface area (Å²) in [5.41, 5.74) is 7.34. The van der Waals surface area contributed by atoms with Crippen LogP contribution in [-0.4, -0.2) is 165 Å². The third-order valence-corrected chi connectivity index (χ3v) is 18.1. The number of carbonyl (C=O) groups excluding carboxylic acids is 7. The number of β-amino-alcohol motifs (C(OH)–C–C–N with tert-alkyl or cyclic N) is 1. The van der Waals surface area contributed by atoms with Gasteiger partial charge in [0.25, 0.3) is 5.91 Å². The van der Waals surface area contributed by atoms with E-state index in [1.807, 2.05) is 118 Å². The Morgan fingerprint density at radius 1 is 0.730 bits per heavy atom. The number of aliphatic hydroxyl groups excluding tert-OH is 1. The molecular formula is C66H93N9O12S2. The molecule has 1 unspecified atom stereocenters. The van der Waals surface area contributed by atoms with Gasteiger partial charge in [0.05, 0.1) is 91.2 Å². The van der Waals surface area contributed by atoms with E-state index < -0.39 is 23.5 Å². The van der Waals surface area contributed by atoms with E-state index in [4.69, 9.17) is 18.9 Å². The normalized spacial score (nSPS) is 17.1. The molecule has 3 aromatic heterocycles. The number of carbonyl (C=O) groups is 7. The van der Waals surface area contributed by atoms with E-state index in [1.165, 1.54) is 4.90 Å². The number of ether oxygens (including phenoxy) is 4. The smallest absolute Gasteiger partial charge is 0.268 e. The van der Waals surface area contributed by atoms with Gasteiger partial charge in [0.1, 0.15) is 18.3 Å². The number of aryl methyl sites for hydroxylation is 2. The van der Waals surface area contributed by atoms with Crippen molar-refractivity contribution in [3.8, 4) is 10.4 Å². The summed E-state index contributed by atoms with van der Waals surface area (Å²) in [4.78, 5) is 101. The molecule has 21 nitrogen and oxygen atoms in total. The van der Waals surface area contributed by atoms with Crippen LogP contribution in [0, 0.1) is 31.1 Å². The van der Waals surface area contributed by atoms with E-state index in [-0.39, 0.29) is 99.1 Å². The maximum Gasteiger partial charge on any atom is 0.268 e. The van der Waals surface area contributed by atoms with E-state index in [0.29, 0.717) is 97.1 Å². The maximum atomic E-state index is 13.7. The van der Waals surface area contributed by atoms with E-state index in [0.717, 1.165) is 75.3 Å². The molecule has 5 aromatic rings. The van der Waals surface area contributed by atoms with Gasteiger partial charge in [-0.15, -0.1) is 22.7 Å². The zero-order valence-electron chi connectivity index (χ0n) is 52.7. The molecule has 3 atom stereocenters. The number of fused-ring (bicyclic) bond motifs is 1. The molecule has 7 amide bonds. The van der Waals surface area contributed by atoms with Crippen molar-refractivity contribution < 1.29 is 57.6 Å². The van der Waals surface area contributed by atoms with Crippen LogP contribution in [0.5, 0.6) is 0 Å². The lowest BCUT2D eigenvalue weighted by molar-refractivity contribution is -0.139. The van der Waals surface area contributed by atoms with Crippen LogP contribution >= 0.6 is 22.7 Å². The van der Waals surface area contributed by atoms with Gasteiger partial charge in [-0.2, -0.15) is 0 Å². The number of likely N-dealkylation sites (N-methyl/N-ethyl adjacent to an activating group) is 1. The average Bonchev–Trinajstić information content (AvgIpc) is 1.84. The van der Waals surface area contributed by atoms with Crippen LogP contribution in [-0.2, 0) is 60.8 Å². The number of hydrogen-bond acceptors (Lipinski definition) is 15. The maximum absolute atomic E-state index is 13.7. The first-order valence-electron chi connectivity index (χ1n) is 31.5. The van der Waals surface area contributed by atoms with Gasteiger partial charge in [-0.25, -0.2) is 4.98 Å². The van der Waals surface area contributed by atoms with E-state index in [9.17, 15) is 38.7 Å². The number of rotatable bonds is 36. The third-order valence-electron chi connectivity index (χ3n) is 16.2. The van der Waals surface area contributed by atoms with Crippen LogP contribution in [0.15, 0.2) is 71.6 Å². The number of aromatic nitrogens is 2. The van der Waals surface area contributed by atoms with Crippen molar-refractivity contribution >= 4 is 79.9 Å². The number of benzene rings is 2. The predicted molar refractivity (Wildman–Crippen MR) is 345 cm³/mol. The van der Waals surface area contributed by atoms with E-state index in [1.54, 1.807) is 27.6 Å². The number of aliphatic hydroxyl groups is 1. The molecule has 0 spiro atoms. The number of amides is 7. The molecule has 4 heterocycles. The van der Waals surface area contributed by atoms with Gasteiger partial charge < -0.3 is 65.0 Å². The predicted octanol–water partition coefficient (Wildman–Crippen LogP) is 7.48. The van der Waals surface area contributed by atoms with Crippen molar-refractivity contribution in [3.63, 3.8) is 0 Å². The largest absolute Gasteiger partial charge is 0.390 e. The first kappa shape index (κ1) is 69.9. The number of unbranched alkanes of at least 4 members (excludes halogenated alkanes) is 4. The van der Waals surface area contributed by atoms with Crippen molar-refractivity contribution in [2.75, 3.05) is 90.5 Å². The summed E-state index contributed by atoms with van der Waals surface area (Å²) in [6.07, 6.45) is 6.80. The molecule has 486 valence electrons. The van der Waals surface area contributed by atoms with Gasteiger partial charge in [-0.05, 0) is 111 Å². The van der Waals surface area contributed by atoms with Gasteiger partial charge in [-0.1, -0.05) is 76.4 Å². The second kappa shape index (κ2) is 35.7. The van der Waals surface area contributed by atoms with Gasteiger partial charge >= 0.3 is 0 Å². The Bertz CT molecular complexity index is 3080. The summed E-state index contributed by atoms with van der Waals surface area (Å²) in [6.45, 7) is 15.9. The molecule has 1 saturated carbocycles. The third kappa shape index (κ3) is 21.8. The Kier molecular flexibility index (Phi) is 28.0. The number of thiophene rings is 1. The topological polar surface area (TPSA) is 261 Å². The van der Waals surface area contributed by atoms with Crippen LogP contribution in [0.25, 0.3) is 20.7 Å². The molecule has 6 N–H and O–H groups in total. The quantitative estimate of drug-likeness (QED) is 0.0213. The van der Waals surface area contributed by atoms with Crippen molar-refractivity contribution in [1.82, 2.24) is 41.0 Å². The fraction of sp³-hybridized carbons (Fsp3) is 0.576. The highest BCUT2D eigenvalue weighted by Crippen LogP contribution is 2.31. The van der Waals surface area contributed by atoms with Crippen molar-refractivity contribution in [3.05, 3.63) is 94.1 Å². The molecule has 0 radical (unpaired) electrons. The minimum absolute atomic E-state index is 0.00780. The molecule has 1 aliphatic heterocycles. The number of hydrogen-bond donors (Lipinski definition) is 6. The average molecular weight is 1270 g/mol. The molecule has 1 saturated heterocycles. The van der Waals surface area contributed by atoms with Gasteiger partial charge in [0, 0.05) is 69.8 Å². The summed E-state index contributed by atoms with van der Waals surface area (Å²) in [6, 6.07) is 18.6. The van der Waals surface area contributed by atoms with Crippen molar-refractivity contribution in [2.24, 2.45) is 17.3 Å². The monoisotopic (exact) mass is 1270 g/mol. The summed E-state index contributed by atoms with van der Waals surface area (Å²) < 4.78 is 25.1. The fourth-order valence-electron chi connectivity index (χ4n) is 11.2. The van der Waals surface area contributed by atoms with E-state index in [2.05, 4.69) is 31.6 Å². The fourth-order valence-corrected chi connectivity index (χ4v) is 12.8. The van der Waals surface area contributed by atoms with Crippen LogP contribution in [0.2, 0.25) is 0 Å². The van der Waals surface area contributed by atoms with Gasteiger partial charge in [0.15, 0.2) is 0 Å². The van der Waals surface area contributed by atoms with Crippen molar-refractivity contribution in [2.45, 2.75) is 143 Å². The Balaban J connectivity index is 0.628. The second-order valence-corrected chi connectivity index (χ2v) is 25.9. The van der Waals surface area contributed by atoms with E-state index >= 15 is 0 Å². The molecular weight excluding hydrogens is 1170 g/mol. The zero-order chi connectivity index (χ0) is 63.7. The minimum atomic E-state index is -1.04. The Hall–Kier alpha value is -6.60. The summed E-state index contributed by atoms with van der Waals surface area (Å²) in [5, 5.41) is 27.8. The van der Waals surface area contributed by atoms with Crippen LogP contribution in [0.4, 0.5) is 5.69 Å². The molecule has 2 aromatic carbocycles. The summed E-state index contributed by atoms with van der Waals surface area (Å²) >= 11 is 3.12. The zero-order valence-corrected chi connectivity index (χ0v) is 54.4. The molecule has 0 bridgehead atoms. The van der Waals surface area contributed by atoms with Crippen molar-refractivity contribution in [1.29, 1.82) is 0 Å². The Morgan fingerprint density at radius 3 is 2.09 bits per heavy atom. The Morgan fingerprint density at radius 2 is 1.42 bits per heavy atom. The first-order valence-corrected chi connectivity index (χ1v) is 33.3. The molecule has 89 heavy (non-hydrogen) atoms. The molecule has 23 heteroatoms. The number of thiazole rings is 1. The highest BCUT2D eigenvalue weighted by molar-refractivity contribution is 7.17. The standard InChI is InChI=1S/C66H93N9O12S2/c1-7-74(51-15-13-14-45(2)38-51)59(79)43-75-53-26-37-88-56(53)39-54(75)64(82)71-50-23-21-49(22-24-50)62(80)68-27-12-10-8-9-11-16-57(77)67-28-30-85-32-34-87-36-35-86-33-31-84-29-25-58(78)72-61(66(4,5)6)65(83)73-41-52(55(76)42-73)63(81)69-40-47-17-19-48(20-18-47)60-46(3)70-44-89-60/h13-15,17-20,26,37-39,44,49-50,52,55,61,76H,7-12,16,21-25,27-36,40-43H2,1-6H3,(H,67,77)(H,68,80)(H,69,81)(H,71,82)(H,72,78)/t49?,50?,52-,55-,61?/m1/s1. The minimum Gasteiger partial charge on any atom is -0.390 e.